The third-order valence-corrected chi connectivity index (χ3v) is 6.56. The first-order valence-electron chi connectivity index (χ1n) is 9.51. The summed E-state index contributed by atoms with van der Waals surface area (Å²) in [5, 5.41) is 2.44. The van der Waals surface area contributed by atoms with Gasteiger partial charge in [0.05, 0.1) is 6.04 Å². The molecule has 2 nitrogen and oxygen atoms in total. The molecule has 1 saturated heterocycles. The standard InChI is InChI=1S/C24H21NO/c1-14-11-24-20(18-9-5-6-10-23(18)26-24)13-21(14)25-15(2)19-12-22(25)17-8-4-3-7-16(17)19/h3-11,13,15,19,22H,12H2,1-2H3/t15-,19?,22?/m0/s1. The number of anilines is 1. The summed E-state index contributed by atoms with van der Waals surface area (Å²) in [5.41, 5.74) is 7.71. The zero-order valence-electron chi connectivity index (χ0n) is 15.1. The van der Waals surface area contributed by atoms with Crippen LogP contribution in [0.1, 0.15) is 42.0 Å². The van der Waals surface area contributed by atoms with Crippen LogP contribution in [0.5, 0.6) is 0 Å². The summed E-state index contributed by atoms with van der Waals surface area (Å²) >= 11 is 0. The molecule has 4 aromatic rings. The van der Waals surface area contributed by atoms with Crippen LogP contribution in [-0.2, 0) is 0 Å². The van der Waals surface area contributed by atoms with Gasteiger partial charge in [0.2, 0.25) is 0 Å². The van der Waals surface area contributed by atoms with Crippen molar-refractivity contribution >= 4 is 27.6 Å². The molecule has 1 aliphatic carbocycles. The third-order valence-electron chi connectivity index (χ3n) is 6.56. The fraction of sp³-hybridized carbons (Fsp3) is 0.250. The second-order valence-electron chi connectivity index (χ2n) is 7.87. The molecule has 0 saturated carbocycles. The van der Waals surface area contributed by atoms with Crippen molar-refractivity contribution in [3.63, 3.8) is 0 Å². The smallest absolute Gasteiger partial charge is 0.135 e. The van der Waals surface area contributed by atoms with Gasteiger partial charge in [0.1, 0.15) is 11.2 Å². The lowest BCUT2D eigenvalue weighted by Crippen LogP contribution is -2.35. The number of furan rings is 1. The predicted octanol–water partition coefficient (Wildman–Crippen LogP) is 6.33. The lowest BCUT2D eigenvalue weighted by Gasteiger charge is -2.37. The normalized spacial score (nSPS) is 23.9. The molecule has 1 fully saturated rings. The number of aryl methyl sites for hydroxylation is 1. The van der Waals surface area contributed by atoms with Crippen molar-refractivity contribution in [3.8, 4) is 0 Å². The molecule has 2 heterocycles. The maximum atomic E-state index is 6.08. The van der Waals surface area contributed by atoms with E-state index in [9.17, 15) is 0 Å². The summed E-state index contributed by atoms with van der Waals surface area (Å²) in [6.07, 6.45) is 1.24. The van der Waals surface area contributed by atoms with Crippen LogP contribution in [0.2, 0.25) is 0 Å². The summed E-state index contributed by atoms with van der Waals surface area (Å²) < 4.78 is 6.08. The Bertz CT molecular complexity index is 1170. The van der Waals surface area contributed by atoms with Crippen LogP contribution in [0, 0.1) is 6.92 Å². The molecular weight excluding hydrogens is 318 g/mol. The second-order valence-corrected chi connectivity index (χ2v) is 7.87. The number of rotatable bonds is 1. The van der Waals surface area contributed by atoms with Crippen molar-refractivity contribution in [1.82, 2.24) is 0 Å². The Morgan fingerprint density at radius 1 is 0.885 bits per heavy atom. The summed E-state index contributed by atoms with van der Waals surface area (Å²) in [5.74, 6) is 0.646. The lowest BCUT2D eigenvalue weighted by atomic mass is 9.92. The molecule has 2 aliphatic rings. The van der Waals surface area contributed by atoms with E-state index in [4.69, 9.17) is 4.42 Å². The highest BCUT2D eigenvalue weighted by molar-refractivity contribution is 6.06. The van der Waals surface area contributed by atoms with Crippen molar-refractivity contribution in [3.05, 3.63) is 77.4 Å². The highest BCUT2D eigenvalue weighted by Crippen LogP contribution is 2.55. The Labute approximate surface area is 153 Å². The number of hydrogen-bond donors (Lipinski definition) is 0. The van der Waals surface area contributed by atoms with Crippen molar-refractivity contribution in [1.29, 1.82) is 0 Å². The molecule has 128 valence electrons. The maximum absolute atomic E-state index is 6.08. The summed E-state index contributed by atoms with van der Waals surface area (Å²) in [7, 11) is 0. The number of para-hydroxylation sites is 1. The molecule has 6 rings (SSSR count). The number of fused-ring (bicyclic) bond motifs is 8. The van der Waals surface area contributed by atoms with Crippen molar-refractivity contribution in [2.75, 3.05) is 4.90 Å². The van der Waals surface area contributed by atoms with Gasteiger partial charge in [-0.2, -0.15) is 0 Å². The van der Waals surface area contributed by atoms with Gasteiger partial charge in [0.15, 0.2) is 0 Å². The number of benzene rings is 3. The molecular formula is C24H21NO. The SMILES string of the molecule is Cc1cc2oc3ccccc3c2cc1N1C2CC(c3ccccc32)[C@@H]1C. The van der Waals surface area contributed by atoms with E-state index >= 15 is 0 Å². The van der Waals surface area contributed by atoms with Gasteiger partial charge in [0, 0.05) is 28.4 Å². The molecule has 1 aromatic heterocycles. The van der Waals surface area contributed by atoms with Crippen LogP contribution in [0.25, 0.3) is 21.9 Å². The van der Waals surface area contributed by atoms with Crippen molar-refractivity contribution in [2.45, 2.75) is 38.3 Å². The maximum Gasteiger partial charge on any atom is 0.135 e. The molecule has 2 bridgehead atoms. The Morgan fingerprint density at radius 3 is 2.54 bits per heavy atom. The monoisotopic (exact) mass is 339 g/mol. The summed E-state index contributed by atoms with van der Waals surface area (Å²) in [6, 6.07) is 23.0. The first kappa shape index (κ1) is 14.4. The van der Waals surface area contributed by atoms with Crippen LogP contribution in [0.4, 0.5) is 5.69 Å². The number of nitrogens with zero attached hydrogens (tertiary/aromatic N) is 1. The molecule has 26 heavy (non-hydrogen) atoms. The zero-order valence-corrected chi connectivity index (χ0v) is 15.1. The van der Waals surface area contributed by atoms with Gasteiger partial charge in [-0.05, 0) is 55.2 Å². The van der Waals surface area contributed by atoms with Gasteiger partial charge >= 0.3 is 0 Å². The van der Waals surface area contributed by atoms with Gasteiger partial charge in [-0.25, -0.2) is 0 Å². The fourth-order valence-electron chi connectivity index (χ4n) is 5.37. The van der Waals surface area contributed by atoms with Crippen LogP contribution in [-0.4, -0.2) is 6.04 Å². The van der Waals surface area contributed by atoms with E-state index in [0.29, 0.717) is 18.0 Å². The lowest BCUT2D eigenvalue weighted by molar-refractivity contribution is 0.614. The topological polar surface area (TPSA) is 16.4 Å². The van der Waals surface area contributed by atoms with E-state index in [-0.39, 0.29) is 0 Å². The van der Waals surface area contributed by atoms with E-state index in [2.05, 4.69) is 73.3 Å². The molecule has 3 atom stereocenters. The minimum atomic E-state index is 0.500. The minimum Gasteiger partial charge on any atom is -0.456 e. The average Bonchev–Trinajstić information content (AvgIpc) is 3.30. The first-order valence-corrected chi connectivity index (χ1v) is 9.51. The second kappa shape index (κ2) is 4.91. The molecule has 0 amide bonds. The molecule has 2 unspecified atom stereocenters. The zero-order chi connectivity index (χ0) is 17.4. The Kier molecular flexibility index (Phi) is 2.73. The van der Waals surface area contributed by atoms with Crippen molar-refractivity contribution in [2.24, 2.45) is 0 Å². The summed E-state index contributed by atoms with van der Waals surface area (Å²) in [4.78, 5) is 2.66. The third kappa shape index (κ3) is 1.72. The Morgan fingerprint density at radius 2 is 1.65 bits per heavy atom. The fourth-order valence-corrected chi connectivity index (χ4v) is 5.37. The largest absolute Gasteiger partial charge is 0.456 e. The van der Waals surface area contributed by atoms with Crippen molar-refractivity contribution < 1.29 is 4.42 Å². The van der Waals surface area contributed by atoms with Crippen LogP contribution in [0.3, 0.4) is 0 Å². The van der Waals surface area contributed by atoms with E-state index in [1.54, 1.807) is 5.56 Å². The Hall–Kier alpha value is -2.74. The van der Waals surface area contributed by atoms with Crippen LogP contribution >= 0.6 is 0 Å². The van der Waals surface area contributed by atoms with Gasteiger partial charge in [-0.15, -0.1) is 0 Å². The highest BCUT2D eigenvalue weighted by Gasteiger charge is 2.47. The van der Waals surface area contributed by atoms with Gasteiger partial charge < -0.3 is 9.32 Å². The molecule has 0 radical (unpaired) electrons. The summed E-state index contributed by atoms with van der Waals surface area (Å²) in [6.45, 7) is 4.60. The van der Waals surface area contributed by atoms with E-state index in [1.807, 2.05) is 6.07 Å². The van der Waals surface area contributed by atoms with Gasteiger partial charge in [0.25, 0.3) is 0 Å². The van der Waals surface area contributed by atoms with Gasteiger partial charge in [-0.3, -0.25) is 0 Å². The number of hydrogen-bond acceptors (Lipinski definition) is 2. The van der Waals surface area contributed by atoms with E-state index in [1.165, 1.54) is 34.0 Å². The van der Waals surface area contributed by atoms with E-state index in [0.717, 1.165) is 11.2 Å². The molecule has 3 aromatic carbocycles. The first-order chi connectivity index (χ1) is 12.7. The van der Waals surface area contributed by atoms with Crippen LogP contribution in [0.15, 0.2) is 65.1 Å². The van der Waals surface area contributed by atoms with Crippen LogP contribution < -0.4 is 4.90 Å². The average molecular weight is 339 g/mol. The highest BCUT2D eigenvalue weighted by atomic mass is 16.3. The van der Waals surface area contributed by atoms with Gasteiger partial charge in [-0.1, -0.05) is 42.5 Å². The minimum absolute atomic E-state index is 0.500. The molecule has 1 aliphatic heterocycles. The quantitative estimate of drug-likeness (QED) is 0.403. The molecule has 0 N–H and O–H groups in total. The van der Waals surface area contributed by atoms with E-state index < -0.39 is 0 Å². The predicted molar refractivity (Wildman–Crippen MR) is 107 cm³/mol. The molecule has 2 heteroatoms. The molecule has 0 spiro atoms. The Balaban J connectivity index is 1.57.